The Hall–Kier alpha value is -3.68. The van der Waals surface area contributed by atoms with Gasteiger partial charge in [0.15, 0.2) is 5.13 Å². The topological polar surface area (TPSA) is 79.7 Å². The first-order valence-electron chi connectivity index (χ1n) is 11.0. The molecule has 2 heterocycles. The van der Waals surface area contributed by atoms with Crippen LogP contribution in [0, 0.1) is 0 Å². The fourth-order valence-corrected chi connectivity index (χ4v) is 5.46. The van der Waals surface area contributed by atoms with Gasteiger partial charge in [0.25, 0.3) is 5.78 Å². The number of hydrogen-bond acceptors (Lipinski definition) is 6. The van der Waals surface area contributed by atoms with Gasteiger partial charge in [-0.05, 0) is 47.9 Å². The van der Waals surface area contributed by atoms with E-state index in [9.17, 15) is 14.7 Å². The SMILES string of the molecule is CCc1ccc(C2C(=C(O)c3cccc(OC)c3)C(=O)C(=O)N2c2nc3ccc(Cl)cc3s2)cc1. The lowest BCUT2D eigenvalue weighted by atomic mass is 9.94. The second-order valence-electron chi connectivity index (χ2n) is 8.10. The average Bonchev–Trinajstić information content (AvgIpc) is 3.41. The minimum atomic E-state index is -0.844. The summed E-state index contributed by atoms with van der Waals surface area (Å²) in [6.07, 6.45) is 0.850. The number of methoxy groups -OCH3 is 1. The highest BCUT2D eigenvalue weighted by Gasteiger charge is 2.48. The van der Waals surface area contributed by atoms with E-state index >= 15 is 0 Å². The van der Waals surface area contributed by atoms with Gasteiger partial charge in [0.1, 0.15) is 11.5 Å². The minimum absolute atomic E-state index is 0.00444. The highest BCUT2D eigenvalue weighted by atomic mass is 35.5. The van der Waals surface area contributed by atoms with Gasteiger partial charge >= 0.3 is 5.91 Å². The number of nitrogens with zero attached hydrogens (tertiary/aromatic N) is 2. The van der Waals surface area contributed by atoms with Crippen LogP contribution in [0.3, 0.4) is 0 Å². The van der Waals surface area contributed by atoms with Crippen molar-refractivity contribution < 1.29 is 19.4 Å². The van der Waals surface area contributed by atoms with Crippen LogP contribution >= 0.6 is 22.9 Å². The summed E-state index contributed by atoms with van der Waals surface area (Å²) in [5, 5.41) is 12.2. The monoisotopic (exact) mass is 504 g/mol. The average molecular weight is 505 g/mol. The number of rotatable bonds is 5. The number of ether oxygens (including phenoxy) is 1. The highest BCUT2D eigenvalue weighted by molar-refractivity contribution is 7.22. The van der Waals surface area contributed by atoms with E-state index in [0.29, 0.717) is 32.5 Å². The fraction of sp³-hybridized carbons (Fsp3) is 0.148. The van der Waals surface area contributed by atoms with Crippen molar-refractivity contribution in [2.75, 3.05) is 12.0 Å². The molecule has 1 amide bonds. The number of hydrogen-bond donors (Lipinski definition) is 1. The van der Waals surface area contributed by atoms with Crippen LogP contribution in [0.4, 0.5) is 5.13 Å². The van der Waals surface area contributed by atoms with Crippen molar-refractivity contribution in [3.05, 3.63) is 94.0 Å². The fourth-order valence-electron chi connectivity index (χ4n) is 4.20. The van der Waals surface area contributed by atoms with Crippen LogP contribution in [-0.2, 0) is 16.0 Å². The molecule has 1 atom stereocenters. The van der Waals surface area contributed by atoms with Crippen molar-refractivity contribution in [2.45, 2.75) is 19.4 Å². The maximum atomic E-state index is 13.4. The summed E-state index contributed by atoms with van der Waals surface area (Å²) in [5.41, 5.74) is 2.87. The minimum Gasteiger partial charge on any atom is -0.507 e. The number of amides is 1. The van der Waals surface area contributed by atoms with Crippen LogP contribution in [-0.4, -0.2) is 28.9 Å². The first-order chi connectivity index (χ1) is 16.9. The van der Waals surface area contributed by atoms with E-state index in [1.807, 2.05) is 24.3 Å². The number of fused-ring (bicyclic) bond motifs is 1. The number of benzene rings is 3. The first kappa shape index (κ1) is 23.1. The molecule has 0 bridgehead atoms. The van der Waals surface area contributed by atoms with Crippen molar-refractivity contribution in [3.63, 3.8) is 0 Å². The van der Waals surface area contributed by atoms with Gasteiger partial charge in [-0.3, -0.25) is 14.5 Å². The number of halogens is 1. The Balaban J connectivity index is 1.72. The van der Waals surface area contributed by atoms with Crippen LogP contribution in [0.2, 0.25) is 5.02 Å². The van der Waals surface area contributed by atoms with Crippen LogP contribution in [0.5, 0.6) is 5.75 Å². The van der Waals surface area contributed by atoms with Gasteiger partial charge in [0.2, 0.25) is 0 Å². The molecule has 1 aromatic heterocycles. The number of carbonyl (C=O) groups is 2. The van der Waals surface area contributed by atoms with Gasteiger partial charge in [-0.1, -0.05) is 66.3 Å². The van der Waals surface area contributed by atoms with Crippen molar-refractivity contribution in [1.82, 2.24) is 4.98 Å². The zero-order valence-corrected chi connectivity index (χ0v) is 20.6. The second kappa shape index (κ2) is 9.17. The molecule has 5 rings (SSSR count). The third-order valence-electron chi connectivity index (χ3n) is 6.04. The molecular weight excluding hydrogens is 484 g/mol. The third kappa shape index (κ3) is 4.07. The molecule has 176 valence electrons. The van der Waals surface area contributed by atoms with Gasteiger partial charge in [0.05, 0.1) is 28.9 Å². The maximum Gasteiger partial charge on any atom is 0.301 e. The van der Waals surface area contributed by atoms with Crippen molar-refractivity contribution >= 4 is 55.7 Å². The molecular formula is C27H21ClN2O4S. The molecule has 1 saturated heterocycles. The first-order valence-corrected chi connectivity index (χ1v) is 12.2. The molecule has 0 aliphatic carbocycles. The van der Waals surface area contributed by atoms with Gasteiger partial charge in [-0.15, -0.1) is 0 Å². The molecule has 0 radical (unpaired) electrons. The Morgan fingerprint density at radius 2 is 1.89 bits per heavy atom. The van der Waals surface area contributed by atoms with E-state index in [4.69, 9.17) is 16.3 Å². The number of aryl methyl sites for hydroxylation is 1. The predicted octanol–water partition coefficient (Wildman–Crippen LogP) is 6.15. The number of aliphatic hydroxyl groups excluding tert-OH is 1. The molecule has 0 saturated carbocycles. The number of Topliss-reactive ketones (excluding diaryl/α,β-unsaturated/α-hetero) is 1. The number of carbonyl (C=O) groups excluding carboxylic acids is 2. The summed E-state index contributed by atoms with van der Waals surface area (Å²) in [7, 11) is 1.52. The van der Waals surface area contributed by atoms with Crippen LogP contribution in [0.25, 0.3) is 16.0 Å². The van der Waals surface area contributed by atoms with Gasteiger partial charge in [0, 0.05) is 10.6 Å². The molecule has 4 aromatic rings. The smallest absolute Gasteiger partial charge is 0.301 e. The van der Waals surface area contributed by atoms with Crippen molar-refractivity contribution in [1.29, 1.82) is 0 Å². The summed E-state index contributed by atoms with van der Waals surface area (Å²) in [4.78, 5) is 32.7. The maximum absolute atomic E-state index is 13.4. The zero-order valence-electron chi connectivity index (χ0n) is 19.0. The third-order valence-corrected chi connectivity index (χ3v) is 7.29. The van der Waals surface area contributed by atoms with Crippen molar-refractivity contribution in [2.24, 2.45) is 0 Å². The zero-order chi connectivity index (χ0) is 24.7. The molecule has 8 heteroatoms. The predicted molar refractivity (Wildman–Crippen MR) is 138 cm³/mol. The van der Waals surface area contributed by atoms with E-state index in [1.165, 1.54) is 23.3 Å². The number of thiazole rings is 1. The van der Waals surface area contributed by atoms with E-state index in [-0.39, 0.29) is 11.3 Å². The quantitative estimate of drug-likeness (QED) is 0.200. The van der Waals surface area contributed by atoms with Gasteiger partial charge in [-0.25, -0.2) is 4.98 Å². The molecule has 1 aliphatic heterocycles. The lowest BCUT2D eigenvalue weighted by molar-refractivity contribution is -0.132. The van der Waals surface area contributed by atoms with E-state index < -0.39 is 17.7 Å². The molecule has 1 fully saturated rings. The Labute approximate surface area is 211 Å². The van der Waals surface area contributed by atoms with Gasteiger partial charge in [-0.2, -0.15) is 0 Å². The van der Waals surface area contributed by atoms with Gasteiger partial charge < -0.3 is 9.84 Å². The molecule has 0 spiro atoms. The number of ketones is 1. The van der Waals surface area contributed by atoms with E-state index in [1.54, 1.807) is 42.5 Å². The molecule has 1 unspecified atom stereocenters. The summed E-state index contributed by atoms with van der Waals surface area (Å²) in [6, 6.07) is 18.9. The summed E-state index contributed by atoms with van der Waals surface area (Å²) < 4.78 is 6.07. The van der Waals surface area contributed by atoms with Crippen LogP contribution in [0.15, 0.2) is 72.3 Å². The summed E-state index contributed by atoms with van der Waals surface area (Å²) >= 11 is 7.41. The number of anilines is 1. The molecule has 35 heavy (non-hydrogen) atoms. The number of aliphatic hydroxyl groups is 1. The molecule has 6 nitrogen and oxygen atoms in total. The summed E-state index contributed by atoms with van der Waals surface area (Å²) in [5.74, 6) is -1.26. The number of aromatic nitrogens is 1. The second-order valence-corrected chi connectivity index (χ2v) is 9.55. The van der Waals surface area contributed by atoms with Crippen molar-refractivity contribution in [3.8, 4) is 5.75 Å². The Bertz CT molecular complexity index is 1490. The summed E-state index contributed by atoms with van der Waals surface area (Å²) in [6.45, 7) is 2.05. The van der Waals surface area contributed by atoms with E-state index in [0.717, 1.165) is 16.7 Å². The highest BCUT2D eigenvalue weighted by Crippen LogP contribution is 2.44. The normalized spacial score (nSPS) is 17.3. The standard InChI is InChI=1S/C27H21ClN2O4S/c1-3-15-7-9-16(10-8-15)23-22(24(31)17-5-4-6-19(13-17)34-2)25(32)26(33)30(23)27-29-20-12-11-18(28)14-21(20)35-27/h4-14,23,31H,3H2,1-2H3. The lowest BCUT2D eigenvalue weighted by Crippen LogP contribution is -2.29. The molecule has 3 aromatic carbocycles. The molecule has 1 aliphatic rings. The van der Waals surface area contributed by atoms with Crippen LogP contribution < -0.4 is 9.64 Å². The Morgan fingerprint density at radius 1 is 1.11 bits per heavy atom. The van der Waals surface area contributed by atoms with Crippen LogP contribution in [0.1, 0.15) is 29.7 Å². The largest absolute Gasteiger partial charge is 0.507 e. The Kier molecular flexibility index (Phi) is 6.05. The van der Waals surface area contributed by atoms with E-state index in [2.05, 4.69) is 11.9 Å². The molecule has 1 N–H and O–H groups in total. The lowest BCUT2D eigenvalue weighted by Gasteiger charge is -2.23. The Morgan fingerprint density at radius 3 is 2.60 bits per heavy atom.